The van der Waals surface area contributed by atoms with Gasteiger partial charge in [0.2, 0.25) is 11.7 Å². The van der Waals surface area contributed by atoms with Gasteiger partial charge in [0.15, 0.2) is 0 Å². The number of carbonyl (C=O) groups is 1. The van der Waals surface area contributed by atoms with Gasteiger partial charge in [-0.3, -0.25) is 0 Å². The molecule has 120 valence electrons. The standard InChI is InChI=1S/C18H13FN2O3/c1-12-20-18(21-24-12)14-5-9-16(10-6-14)23-17(22)11-4-13-2-7-15(19)8-3-13/h2-11H,1H3/b11-4+. The van der Waals surface area contributed by atoms with Crippen LogP contribution in [-0.2, 0) is 4.79 Å². The van der Waals surface area contributed by atoms with Gasteiger partial charge >= 0.3 is 5.97 Å². The van der Waals surface area contributed by atoms with Crippen molar-refractivity contribution in [1.82, 2.24) is 10.1 Å². The summed E-state index contributed by atoms with van der Waals surface area (Å²) in [5.74, 6) is 0.495. The zero-order valence-corrected chi connectivity index (χ0v) is 12.8. The quantitative estimate of drug-likeness (QED) is 0.415. The van der Waals surface area contributed by atoms with Gasteiger partial charge in [0.25, 0.3) is 0 Å². The first kappa shape index (κ1) is 15.6. The summed E-state index contributed by atoms with van der Waals surface area (Å²) in [4.78, 5) is 15.9. The van der Waals surface area contributed by atoms with Gasteiger partial charge in [-0.1, -0.05) is 17.3 Å². The molecule has 0 amide bonds. The summed E-state index contributed by atoms with van der Waals surface area (Å²) < 4.78 is 22.9. The Morgan fingerprint density at radius 2 is 1.83 bits per heavy atom. The molecule has 0 radical (unpaired) electrons. The second-order valence-electron chi connectivity index (χ2n) is 4.97. The number of halogens is 1. The molecule has 0 N–H and O–H groups in total. The summed E-state index contributed by atoms with van der Waals surface area (Å²) in [5, 5.41) is 3.81. The number of benzene rings is 2. The molecule has 3 rings (SSSR count). The van der Waals surface area contributed by atoms with E-state index in [1.165, 1.54) is 18.2 Å². The third kappa shape index (κ3) is 3.92. The lowest BCUT2D eigenvalue weighted by Crippen LogP contribution is -2.03. The number of nitrogens with zero attached hydrogens (tertiary/aromatic N) is 2. The van der Waals surface area contributed by atoms with Crippen LogP contribution in [0.15, 0.2) is 59.1 Å². The molecule has 0 saturated carbocycles. The highest BCUT2D eigenvalue weighted by atomic mass is 19.1. The molecule has 0 bridgehead atoms. The molecule has 0 saturated heterocycles. The van der Waals surface area contributed by atoms with E-state index >= 15 is 0 Å². The van der Waals surface area contributed by atoms with Crippen molar-refractivity contribution >= 4 is 12.0 Å². The monoisotopic (exact) mass is 324 g/mol. The largest absolute Gasteiger partial charge is 0.423 e. The van der Waals surface area contributed by atoms with Crippen LogP contribution in [0.2, 0.25) is 0 Å². The summed E-state index contributed by atoms with van der Waals surface area (Å²) >= 11 is 0. The van der Waals surface area contributed by atoms with Crippen molar-refractivity contribution in [3.8, 4) is 17.1 Å². The topological polar surface area (TPSA) is 65.2 Å². The van der Waals surface area contributed by atoms with Gasteiger partial charge < -0.3 is 9.26 Å². The highest BCUT2D eigenvalue weighted by Gasteiger charge is 2.06. The smallest absolute Gasteiger partial charge is 0.336 e. The Kier molecular flexibility index (Phi) is 4.47. The maximum atomic E-state index is 12.8. The number of aryl methyl sites for hydroxylation is 1. The molecular weight excluding hydrogens is 311 g/mol. The molecule has 0 unspecified atom stereocenters. The number of esters is 1. The predicted molar refractivity (Wildman–Crippen MR) is 85.5 cm³/mol. The second kappa shape index (κ2) is 6.87. The zero-order valence-electron chi connectivity index (χ0n) is 12.8. The fraction of sp³-hybridized carbons (Fsp3) is 0.0556. The minimum Gasteiger partial charge on any atom is -0.423 e. The van der Waals surface area contributed by atoms with Crippen LogP contribution >= 0.6 is 0 Å². The summed E-state index contributed by atoms with van der Waals surface area (Å²) in [7, 11) is 0. The third-order valence-corrected chi connectivity index (χ3v) is 3.14. The van der Waals surface area contributed by atoms with Crippen LogP contribution < -0.4 is 4.74 Å². The first-order valence-corrected chi connectivity index (χ1v) is 7.16. The third-order valence-electron chi connectivity index (χ3n) is 3.14. The Balaban J connectivity index is 1.63. The molecule has 3 aromatic rings. The molecule has 24 heavy (non-hydrogen) atoms. The van der Waals surface area contributed by atoms with Crippen molar-refractivity contribution in [3.05, 3.63) is 71.9 Å². The van der Waals surface area contributed by atoms with Gasteiger partial charge in [-0.25, -0.2) is 9.18 Å². The number of hydrogen-bond donors (Lipinski definition) is 0. The lowest BCUT2D eigenvalue weighted by Gasteiger charge is -2.02. The van der Waals surface area contributed by atoms with Gasteiger partial charge in [-0.05, 0) is 48.0 Å². The van der Waals surface area contributed by atoms with Crippen LogP contribution in [0.4, 0.5) is 4.39 Å². The average Bonchev–Trinajstić information content (AvgIpc) is 3.01. The highest BCUT2D eigenvalue weighted by Crippen LogP contribution is 2.20. The Labute approximate surface area is 137 Å². The summed E-state index contributed by atoms with van der Waals surface area (Å²) in [5.41, 5.74) is 1.46. The fourth-order valence-corrected chi connectivity index (χ4v) is 1.98. The van der Waals surface area contributed by atoms with E-state index in [2.05, 4.69) is 10.1 Å². The van der Waals surface area contributed by atoms with Gasteiger partial charge in [0, 0.05) is 18.6 Å². The lowest BCUT2D eigenvalue weighted by molar-refractivity contribution is -0.128. The number of carbonyl (C=O) groups excluding carboxylic acids is 1. The molecule has 0 fully saturated rings. The Bertz CT molecular complexity index is 868. The van der Waals surface area contributed by atoms with Crippen molar-refractivity contribution in [2.24, 2.45) is 0 Å². The minimum atomic E-state index is -0.525. The summed E-state index contributed by atoms with van der Waals surface area (Å²) in [6.07, 6.45) is 2.84. The van der Waals surface area contributed by atoms with E-state index in [0.29, 0.717) is 23.0 Å². The van der Waals surface area contributed by atoms with E-state index in [1.54, 1.807) is 49.4 Å². The fourth-order valence-electron chi connectivity index (χ4n) is 1.98. The molecule has 5 nitrogen and oxygen atoms in total. The number of hydrogen-bond acceptors (Lipinski definition) is 5. The van der Waals surface area contributed by atoms with E-state index in [4.69, 9.17) is 9.26 Å². The number of aromatic nitrogens is 2. The van der Waals surface area contributed by atoms with Crippen LogP contribution in [0.1, 0.15) is 11.5 Å². The van der Waals surface area contributed by atoms with Crippen molar-refractivity contribution in [3.63, 3.8) is 0 Å². The van der Waals surface area contributed by atoms with Crippen molar-refractivity contribution in [2.75, 3.05) is 0 Å². The van der Waals surface area contributed by atoms with Crippen LogP contribution in [0.5, 0.6) is 5.75 Å². The van der Waals surface area contributed by atoms with E-state index in [0.717, 1.165) is 5.56 Å². The molecule has 2 aromatic carbocycles. The van der Waals surface area contributed by atoms with Crippen molar-refractivity contribution in [2.45, 2.75) is 6.92 Å². The number of rotatable bonds is 4. The van der Waals surface area contributed by atoms with Crippen LogP contribution in [0.3, 0.4) is 0 Å². The van der Waals surface area contributed by atoms with E-state index in [9.17, 15) is 9.18 Å². The Hall–Kier alpha value is -3.28. The van der Waals surface area contributed by atoms with Gasteiger partial charge in [-0.15, -0.1) is 0 Å². The van der Waals surface area contributed by atoms with E-state index in [1.807, 2.05) is 0 Å². The second-order valence-corrected chi connectivity index (χ2v) is 4.97. The van der Waals surface area contributed by atoms with Crippen molar-refractivity contribution in [1.29, 1.82) is 0 Å². The first-order chi connectivity index (χ1) is 11.6. The van der Waals surface area contributed by atoms with E-state index in [-0.39, 0.29) is 5.82 Å². The summed E-state index contributed by atoms with van der Waals surface area (Å²) in [6, 6.07) is 12.5. The van der Waals surface area contributed by atoms with Crippen LogP contribution in [0, 0.1) is 12.7 Å². The minimum absolute atomic E-state index is 0.327. The van der Waals surface area contributed by atoms with Crippen LogP contribution in [-0.4, -0.2) is 16.1 Å². The van der Waals surface area contributed by atoms with Gasteiger partial charge in [-0.2, -0.15) is 4.98 Å². The number of ether oxygens (including phenoxy) is 1. The molecule has 1 aromatic heterocycles. The molecule has 0 spiro atoms. The SMILES string of the molecule is Cc1nc(-c2ccc(OC(=O)/C=C/c3ccc(F)cc3)cc2)no1. The molecule has 6 heteroatoms. The zero-order chi connectivity index (χ0) is 16.9. The van der Waals surface area contributed by atoms with Gasteiger partial charge in [0.05, 0.1) is 0 Å². The van der Waals surface area contributed by atoms with Crippen molar-refractivity contribution < 1.29 is 18.4 Å². The average molecular weight is 324 g/mol. The normalized spacial score (nSPS) is 10.9. The van der Waals surface area contributed by atoms with Gasteiger partial charge in [0.1, 0.15) is 11.6 Å². The first-order valence-electron chi connectivity index (χ1n) is 7.16. The molecule has 0 atom stereocenters. The Morgan fingerprint density at radius 3 is 2.46 bits per heavy atom. The molecule has 0 aliphatic carbocycles. The maximum absolute atomic E-state index is 12.8. The Morgan fingerprint density at radius 1 is 1.12 bits per heavy atom. The maximum Gasteiger partial charge on any atom is 0.336 e. The lowest BCUT2D eigenvalue weighted by atomic mass is 10.2. The molecule has 0 aliphatic rings. The predicted octanol–water partition coefficient (Wildman–Crippen LogP) is 3.80. The summed E-state index contributed by atoms with van der Waals surface area (Å²) in [6.45, 7) is 1.71. The highest BCUT2D eigenvalue weighted by molar-refractivity contribution is 5.88. The van der Waals surface area contributed by atoms with Crippen LogP contribution in [0.25, 0.3) is 17.5 Å². The van der Waals surface area contributed by atoms with E-state index < -0.39 is 5.97 Å². The molecule has 1 heterocycles. The molecule has 0 aliphatic heterocycles. The molecular formula is C18H13FN2O3.